The van der Waals surface area contributed by atoms with Crippen LogP contribution in [-0.2, 0) is 4.79 Å². The molecule has 0 rings (SSSR count). The van der Waals surface area contributed by atoms with Gasteiger partial charge in [-0.3, -0.25) is 0 Å². The average molecular weight is 178 g/mol. The summed E-state index contributed by atoms with van der Waals surface area (Å²) in [6, 6.07) is 0. The van der Waals surface area contributed by atoms with E-state index in [0.717, 1.165) is 6.92 Å². The largest absolute Gasteiger partial charge is 0.391 e. The van der Waals surface area contributed by atoms with Crippen LogP contribution in [0.25, 0.3) is 0 Å². The molecule has 4 N–H and O–H groups in total. The molecule has 0 fully saturated rings. The highest BCUT2D eigenvalue weighted by molar-refractivity contribution is 5.62. The van der Waals surface area contributed by atoms with Gasteiger partial charge in [-0.2, -0.15) is 0 Å². The van der Waals surface area contributed by atoms with Gasteiger partial charge < -0.3 is 25.2 Å². The Kier molecular flexibility index (Phi) is 3.79. The minimum absolute atomic E-state index is 0.114. The zero-order valence-electron chi connectivity index (χ0n) is 7.01. The van der Waals surface area contributed by atoms with Crippen molar-refractivity contribution in [2.24, 2.45) is 0 Å². The average Bonchev–Trinajstić information content (AvgIpc) is 2.01. The molecular weight excluding hydrogens is 164 g/mol. The summed E-state index contributed by atoms with van der Waals surface area (Å²) in [6.07, 6.45) is -4.31. The third-order valence-corrected chi connectivity index (χ3v) is 1.66. The molecule has 0 saturated carbocycles. The summed E-state index contributed by atoms with van der Waals surface area (Å²) in [6.45, 7) is 2.30. The van der Waals surface area contributed by atoms with Crippen molar-refractivity contribution >= 4 is 6.29 Å². The van der Waals surface area contributed by atoms with Crippen LogP contribution in [0.4, 0.5) is 0 Å². The molecular formula is C7H14O5. The highest BCUT2D eigenvalue weighted by Gasteiger charge is 2.37. The minimum Gasteiger partial charge on any atom is -0.391 e. The third kappa shape index (κ3) is 2.53. The van der Waals surface area contributed by atoms with E-state index in [0.29, 0.717) is 0 Å². The predicted molar refractivity (Wildman–Crippen MR) is 40.4 cm³/mol. The molecule has 72 valence electrons. The van der Waals surface area contributed by atoms with Crippen LogP contribution >= 0.6 is 0 Å². The summed E-state index contributed by atoms with van der Waals surface area (Å²) in [5.41, 5.74) is -2.03. The molecule has 0 aromatic carbocycles. The van der Waals surface area contributed by atoms with E-state index in [1.807, 2.05) is 0 Å². The van der Waals surface area contributed by atoms with Crippen LogP contribution in [0.15, 0.2) is 0 Å². The Morgan fingerprint density at radius 1 is 1.33 bits per heavy atom. The van der Waals surface area contributed by atoms with E-state index in [4.69, 9.17) is 20.4 Å². The van der Waals surface area contributed by atoms with Gasteiger partial charge in [0.2, 0.25) is 0 Å². The lowest BCUT2D eigenvalue weighted by molar-refractivity contribution is -0.155. The van der Waals surface area contributed by atoms with Crippen molar-refractivity contribution in [3.05, 3.63) is 0 Å². The summed E-state index contributed by atoms with van der Waals surface area (Å²) in [5.74, 6) is 0. The van der Waals surface area contributed by atoms with Crippen LogP contribution in [-0.4, -0.2) is 50.6 Å². The molecule has 0 aromatic heterocycles. The first-order chi connectivity index (χ1) is 5.33. The summed E-state index contributed by atoms with van der Waals surface area (Å²) >= 11 is 0. The molecule has 0 spiro atoms. The molecule has 5 heteroatoms. The number of rotatable bonds is 4. The van der Waals surface area contributed by atoms with Crippen molar-refractivity contribution in [1.29, 1.82) is 0 Å². The molecule has 0 aliphatic carbocycles. The number of aliphatic hydroxyl groups excluding tert-OH is 3. The summed E-state index contributed by atoms with van der Waals surface area (Å²) in [7, 11) is 0. The number of aliphatic hydroxyl groups is 4. The Bertz CT molecular complexity index is 154. The Hall–Kier alpha value is -0.490. The van der Waals surface area contributed by atoms with E-state index >= 15 is 0 Å². The fraction of sp³-hybridized carbons (Fsp3) is 0.857. The van der Waals surface area contributed by atoms with Crippen LogP contribution in [0.5, 0.6) is 0 Å². The molecule has 0 aromatic rings. The van der Waals surface area contributed by atoms with Crippen LogP contribution < -0.4 is 0 Å². The normalized spacial score (nSPS) is 23.8. The predicted octanol–water partition coefficient (Wildman–Crippen LogP) is -1.96. The van der Waals surface area contributed by atoms with Crippen molar-refractivity contribution in [3.63, 3.8) is 0 Å². The minimum atomic E-state index is -2.03. The molecule has 0 amide bonds. The molecule has 0 heterocycles. The van der Waals surface area contributed by atoms with Gasteiger partial charge in [0.15, 0.2) is 6.29 Å². The molecule has 0 radical (unpaired) electrons. The van der Waals surface area contributed by atoms with Gasteiger partial charge in [0, 0.05) is 0 Å². The van der Waals surface area contributed by atoms with E-state index in [2.05, 4.69) is 0 Å². The van der Waals surface area contributed by atoms with Crippen LogP contribution in [0.1, 0.15) is 13.8 Å². The number of aldehydes is 1. The number of carbonyl (C=O) groups excluding carboxylic acids is 1. The van der Waals surface area contributed by atoms with Gasteiger partial charge in [0.05, 0.1) is 6.10 Å². The Balaban J connectivity index is 4.37. The highest BCUT2D eigenvalue weighted by atomic mass is 16.4. The molecule has 12 heavy (non-hydrogen) atoms. The first-order valence-corrected chi connectivity index (χ1v) is 3.56. The van der Waals surface area contributed by atoms with Crippen molar-refractivity contribution in [2.75, 3.05) is 0 Å². The standard InChI is InChI=1S/C7H14O5/c1-4(9)5(10)6(11)7(2,12)3-8/h3-6,9-12H,1-2H3. The van der Waals surface area contributed by atoms with Crippen molar-refractivity contribution < 1.29 is 25.2 Å². The van der Waals surface area contributed by atoms with Crippen molar-refractivity contribution in [2.45, 2.75) is 37.8 Å². The zero-order valence-corrected chi connectivity index (χ0v) is 7.01. The fourth-order valence-electron chi connectivity index (χ4n) is 0.679. The monoisotopic (exact) mass is 178 g/mol. The quantitative estimate of drug-likeness (QED) is 0.375. The Morgan fingerprint density at radius 2 is 1.75 bits per heavy atom. The molecule has 0 saturated heterocycles. The lowest BCUT2D eigenvalue weighted by Crippen LogP contribution is -2.51. The van der Waals surface area contributed by atoms with Gasteiger partial charge >= 0.3 is 0 Å². The first kappa shape index (κ1) is 11.5. The van der Waals surface area contributed by atoms with Gasteiger partial charge in [0.25, 0.3) is 0 Å². The SMILES string of the molecule is CC(O)C(O)C(O)C(C)(O)C=O. The zero-order chi connectivity index (χ0) is 9.94. The molecule has 0 aliphatic heterocycles. The van der Waals surface area contributed by atoms with E-state index in [9.17, 15) is 4.79 Å². The number of carbonyl (C=O) groups is 1. The summed E-state index contributed by atoms with van der Waals surface area (Å²) in [5, 5.41) is 36.1. The number of hydrogen-bond acceptors (Lipinski definition) is 5. The van der Waals surface area contributed by atoms with Gasteiger partial charge in [-0.1, -0.05) is 0 Å². The maximum atomic E-state index is 10.2. The highest BCUT2D eigenvalue weighted by Crippen LogP contribution is 2.12. The van der Waals surface area contributed by atoms with Gasteiger partial charge in [-0.15, -0.1) is 0 Å². The molecule has 5 nitrogen and oxygen atoms in total. The summed E-state index contributed by atoms with van der Waals surface area (Å²) in [4.78, 5) is 10.2. The fourth-order valence-corrected chi connectivity index (χ4v) is 0.679. The lowest BCUT2D eigenvalue weighted by Gasteiger charge is -2.28. The lowest BCUT2D eigenvalue weighted by atomic mass is 9.94. The van der Waals surface area contributed by atoms with E-state index in [1.165, 1.54) is 6.92 Å². The van der Waals surface area contributed by atoms with E-state index < -0.39 is 23.9 Å². The molecule has 0 bridgehead atoms. The van der Waals surface area contributed by atoms with Crippen LogP contribution in [0.2, 0.25) is 0 Å². The van der Waals surface area contributed by atoms with Crippen LogP contribution in [0.3, 0.4) is 0 Å². The van der Waals surface area contributed by atoms with Crippen molar-refractivity contribution in [3.8, 4) is 0 Å². The second-order valence-corrected chi connectivity index (χ2v) is 3.02. The second kappa shape index (κ2) is 3.95. The smallest absolute Gasteiger partial charge is 0.154 e. The Labute approximate surface area is 70.3 Å². The van der Waals surface area contributed by atoms with Crippen molar-refractivity contribution in [1.82, 2.24) is 0 Å². The summed E-state index contributed by atoms with van der Waals surface area (Å²) < 4.78 is 0. The maximum absolute atomic E-state index is 10.2. The maximum Gasteiger partial charge on any atom is 0.154 e. The van der Waals surface area contributed by atoms with Gasteiger partial charge in [0.1, 0.15) is 17.8 Å². The second-order valence-electron chi connectivity index (χ2n) is 3.02. The number of hydrogen-bond donors (Lipinski definition) is 4. The van der Waals surface area contributed by atoms with Gasteiger partial charge in [-0.25, -0.2) is 0 Å². The van der Waals surface area contributed by atoms with E-state index in [-0.39, 0.29) is 6.29 Å². The first-order valence-electron chi connectivity index (χ1n) is 3.56. The Morgan fingerprint density at radius 3 is 2.00 bits per heavy atom. The molecule has 4 atom stereocenters. The third-order valence-electron chi connectivity index (χ3n) is 1.66. The van der Waals surface area contributed by atoms with E-state index in [1.54, 1.807) is 0 Å². The van der Waals surface area contributed by atoms with Crippen LogP contribution in [0, 0.1) is 0 Å². The molecule has 4 unspecified atom stereocenters. The topological polar surface area (TPSA) is 98.0 Å². The molecule has 0 aliphatic rings. The van der Waals surface area contributed by atoms with Gasteiger partial charge in [-0.05, 0) is 13.8 Å².